The van der Waals surface area contributed by atoms with E-state index in [0.29, 0.717) is 12.0 Å². The SMILES string of the molecule is CC[C@@H](CCC(C)C)Nc1ncnc2c(C(C)C)[nH]nc12. The molecule has 0 unspecified atom stereocenters. The first kappa shape index (κ1) is 15.7. The fourth-order valence-corrected chi connectivity index (χ4v) is 2.47. The first-order valence-electron chi connectivity index (χ1n) is 7.98. The molecule has 2 rings (SSSR count). The number of anilines is 1. The fraction of sp³-hybridized carbons (Fsp3) is 0.688. The summed E-state index contributed by atoms with van der Waals surface area (Å²) >= 11 is 0. The van der Waals surface area contributed by atoms with E-state index in [-0.39, 0.29) is 0 Å². The second-order valence-corrected chi connectivity index (χ2v) is 6.43. The van der Waals surface area contributed by atoms with Gasteiger partial charge in [-0.3, -0.25) is 5.10 Å². The molecule has 1 atom stereocenters. The zero-order valence-corrected chi connectivity index (χ0v) is 13.8. The minimum Gasteiger partial charge on any atom is -0.365 e. The van der Waals surface area contributed by atoms with Crippen LogP contribution in [-0.4, -0.2) is 26.2 Å². The smallest absolute Gasteiger partial charge is 0.158 e. The molecule has 0 fully saturated rings. The molecule has 0 amide bonds. The lowest BCUT2D eigenvalue weighted by Gasteiger charge is -2.18. The van der Waals surface area contributed by atoms with E-state index >= 15 is 0 Å². The summed E-state index contributed by atoms with van der Waals surface area (Å²) in [5.41, 5.74) is 2.86. The quantitative estimate of drug-likeness (QED) is 0.805. The lowest BCUT2D eigenvalue weighted by molar-refractivity contribution is 0.505. The van der Waals surface area contributed by atoms with Crippen molar-refractivity contribution in [3.63, 3.8) is 0 Å². The van der Waals surface area contributed by atoms with Crippen molar-refractivity contribution in [2.45, 2.75) is 65.8 Å². The Bertz CT molecular complexity index is 573. The number of nitrogens with one attached hydrogen (secondary N) is 2. The second-order valence-electron chi connectivity index (χ2n) is 6.43. The molecule has 2 N–H and O–H groups in total. The monoisotopic (exact) mass is 289 g/mol. The van der Waals surface area contributed by atoms with Crippen LogP contribution in [0.25, 0.3) is 11.0 Å². The van der Waals surface area contributed by atoms with E-state index in [0.717, 1.165) is 41.3 Å². The van der Waals surface area contributed by atoms with Gasteiger partial charge in [-0.05, 0) is 31.1 Å². The van der Waals surface area contributed by atoms with Gasteiger partial charge in [0, 0.05) is 6.04 Å². The van der Waals surface area contributed by atoms with Gasteiger partial charge < -0.3 is 5.32 Å². The Morgan fingerprint density at radius 3 is 2.48 bits per heavy atom. The Balaban J connectivity index is 2.21. The van der Waals surface area contributed by atoms with Gasteiger partial charge in [-0.25, -0.2) is 9.97 Å². The highest BCUT2D eigenvalue weighted by molar-refractivity contribution is 5.87. The zero-order chi connectivity index (χ0) is 15.4. The molecule has 5 heteroatoms. The van der Waals surface area contributed by atoms with Gasteiger partial charge in [0.25, 0.3) is 0 Å². The van der Waals surface area contributed by atoms with Crippen molar-refractivity contribution in [1.82, 2.24) is 20.2 Å². The number of aromatic amines is 1. The molecule has 0 aliphatic carbocycles. The molecular weight excluding hydrogens is 262 g/mol. The number of fused-ring (bicyclic) bond motifs is 1. The zero-order valence-electron chi connectivity index (χ0n) is 13.8. The molecular formula is C16H27N5. The summed E-state index contributed by atoms with van der Waals surface area (Å²) in [6.45, 7) is 11.0. The van der Waals surface area contributed by atoms with Gasteiger partial charge in [0.05, 0.1) is 5.69 Å². The summed E-state index contributed by atoms with van der Waals surface area (Å²) in [5, 5.41) is 11.1. The number of hydrogen-bond acceptors (Lipinski definition) is 4. The lowest BCUT2D eigenvalue weighted by Crippen LogP contribution is -2.20. The van der Waals surface area contributed by atoms with Gasteiger partial charge in [-0.15, -0.1) is 0 Å². The third-order valence-corrected chi connectivity index (χ3v) is 3.87. The van der Waals surface area contributed by atoms with Crippen LogP contribution >= 0.6 is 0 Å². The van der Waals surface area contributed by atoms with Crippen molar-refractivity contribution < 1.29 is 0 Å². The van der Waals surface area contributed by atoms with Crippen LogP contribution in [0.5, 0.6) is 0 Å². The van der Waals surface area contributed by atoms with Gasteiger partial charge in [-0.1, -0.05) is 34.6 Å². The predicted octanol–water partition coefficient (Wildman–Crippen LogP) is 4.10. The van der Waals surface area contributed by atoms with Gasteiger partial charge in [-0.2, -0.15) is 5.10 Å². The van der Waals surface area contributed by atoms with Crippen LogP contribution in [0.2, 0.25) is 0 Å². The Kier molecular flexibility index (Phi) is 5.15. The minimum absolute atomic E-state index is 0.376. The first-order chi connectivity index (χ1) is 10.0. The van der Waals surface area contributed by atoms with Crippen LogP contribution in [0, 0.1) is 5.92 Å². The van der Waals surface area contributed by atoms with Crippen molar-refractivity contribution >= 4 is 16.9 Å². The summed E-state index contributed by atoms with van der Waals surface area (Å²) in [4.78, 5) is 8.78. The molecule has 116 valence electrons. The largest absolute Gasteiger partial charge is 0.365 e. The summed E-state index contributed by atoms with van der Waals surface area (Å²) < 4.78 is 0. The van der Waals surface area contributed by atoms with Crippen molar-refractivity contribution in [2.75, 3.05) is 5.32 Å². The summed E-state index contributed by atoms with van der Waals surface area (Å²) in [6, 6.07) is 0.435. The maximum atomic E-state index is 4.41. The first-order valence-corrected chi connectivity index (χ1v) is 7.98. The van der Waals surface area contributed by atoms with Crippen molar-refractivity contribution in [3.8, 4) is 0 Å². The molecule has 2 aromatic heterocycles. The van der Waals surface area contributed by atoms with Crippen LogP contribution in [0.1, 0.15) is 65.5 Å². The average Bonchev–Trinajstić information content (AvgIpc) is 2.88. The summed E-state index contributed by atoms with van der Waals surface area (Å²) in [6.07, 6.45) is 5.08. The van der Waals surface area contributed by atoms with Crippen molar-refractivity contribution in [2.24, 2.45) is 5.92 Å². The summed E-state index contributed by atoms with van der Waals surface area (Å²) in [5.74, 6) is 1.95. The molecule has 0 spiro atoms. The maximum Gasteiger partial charge on any atom is 0.158 e. The number of aromatic nitrogens is 4. The number of hydrogen-bond donors (Lipinski definition) is 2. The Morgan fingerprint density at radius 2 is 1.86 bits per heavy atom. The minimum atomic E-state index is 0.376. The van der Waals surface area contributed by atoms with E-state index in [1.807, 2.05) is 0 Å². The maximum absolute atomic E-state index is 4.41. The predicted molar refractivity (Wildman–Crippen MR) is 87.5 cm³/mol. The molecule has 0 saturated carbocycles. The highest BCUT2D eigenvalue weighted by Gasteiger charge is 2.16. The van der Waals surface area contributed by atoms with E-state index in [1.165, 1.54) is 6.42 Å². The number of nitrogens with zero attached hydrogens (tertiary/aromatic N) is 3. The molecule has 2 aromatic rings. The average molecular weight is 289 g/mol. The molecule has 0 radical (unpaired) electrons. The number of rotatable bonds is 7. The number of H-pyrrole nitrogens is 1. The highest BCUT2D eigenvalue weighted by atomic mass is 15.2. The topological polar surface area (TPSA) is 66.5 Å². The third-order valence-electron chi connectivity index (χ3n) is 3.87. The Hall–Kier alpha value is -1.65. The molecule has 0 aliphatic rings. The highest BCUT2D eigenvalue weighted by Crippen LogP contribution is 2.25. The molecule has 2 heterocycles. The Labute approximate surface area is 127 Å². The van der Waals surface area contributed by atoms with Crippen molar-refractivity contribution in [3.05, 3.63) is 12.0 Å². The van der Waals surface area contributed by atoms with Gasteiger partial charge in [0.1, 0.15) is 11.8 Å². The fourth-order valence-electron chi connectivity index (χ4n) is 2.47. The molecule has 5 nitrogen and oxygen atoms in total. The van der Waals surface area contributed by atoms with E-state index in [2.05, 4.69) is 60.1 Å². The lowest BCUT2D eigenvalue weighted by atomic mass is 10.0. The van der Waals surface area contributed by atoms with Crippen LogP contribution in [0.4, 0.5) is 5.82 Å². The van der Waals surface area contributed by atoms with Gasteiger partial charge >= 0.3 is 0 Å². The van der Waals surface area contributed by atoms with Gasteiger partial charge in [0.2, 0.25) is 0 Å². The van der Waals surface area contributed by atoms with E-state index in [4.69, 9.17) is 0 Å². The van der Waals surface area contributed by atoms with Crippen LogP contribution < -0.4 is 5.32 Å². The van der Waals surface area contributed by atoms with Crippen LogP contribution in [-0.2, 0) is 0 Å². The molecule has 0 aliphatic heterocycles. The third kappa shape index (κ3) is 3.71. The molecule has 0 saturated heterocycles. The van der Waals surface area contributed by atoms with Crippen LogP contribution in [0.15, 0.2) is 6.33 Å². The Morgan fingerprint density at radius 1 is 1.10 bits per heavy atom. The molecule has 21 heavy (non-hydrogen) atoms. The van der Waals surface area contributed by atoms with E-state index in [1.54, 1.807) is 6.33 Å². The summed E-state index contributed by atoms with van der Waals surface area (Å²) in [7, 11) is 0. The normalized spacial score (nSPS) is 13.3. The van der Waals surface area contributed by atoms with Crippen molar-refractivity contribution in [1.29, 1.82) is 0 Å². The van der Waals surface area contributed by atoms with E-state index < -0.39 is 0 Å². The molecule has 0 bridgehead atoms. The second kappa shape index (κ2) is 6.87. The van der Waals surface area contributed by atoms with Crippen LogP contribution in [0.3, 0.4) is 0 Å². The van der Waals surface area contributed by atoms with E-state index in [9.17, 15) is 0 Å². The molecule has 0 aromatic carbocycles. The van der Waals surface area contributed by atoms with Gasteiger partial charge in [0.15, 0.2) is 11.3 Å². The standard InChI is InChI=1S/C16H27N5/c1-6-12(8-7-10(2)3)19-16-15-14(17-9-18-16)13(11(4)5)20-21-15/h9-12H,6-8H2,1-5H3,(H,20,21)(H,17,18,19)/t12-/m0/s1.